The number of nitrogens with zero attached hydrogens (tertiary/aromatic N) is 6. The van der Waals surface area contributed by atoms with E-state index in [4.69, 9.17) is 0 Å². The third-order valence-corrected chi connectivity index (χ3v) is 4.74. The maximum absolute atomic E-state index is 4.61. The molecular formula is C17H16N6S. The molecule has 3 aromatic heterocycles. The van der Waals surface area contributed by atoms with Gasteiger partial charge in [-0.25, -0.2) is 4.98 Å². The maximum atomic E-state index is 4.61. The molecule has 0 aliphatic rings. The average Bonchev–Trinajstić information content (AvgIpc) is 3.19. The van der Waals surface area contributed by atoms with Crippen LogP contribution >= 0.6 is 11.8 Å². The van der Waals surface area contributed by atoms with Crippen molar-refractivity contribution in [2.24, 2.45) is 0 Å². The molecule has 0 saturated carbocycles. The number of pyridine rings is 1. The number of rotatable bonds is 4. The van der Waals surface area contributed by atoms with Crippen LogP contribution in [0.2, 0.25) is 0 Å². The Hall–Kier alpha value is -2.67. The molecule has 0 atom stereocenters. The van der Waals surface area contributed by atoms with Gasteiger partial charge in [0.25, 0.3) is 0 Å². The van der Waals surface area contributed by atoms with Crippen LogP contribution in [0.25, 0.3) is 11.3 Å². The van der Waals surface area contributed by atoms with Crippen LogP contribution in [0.4, 0.5) is 0 Å². The van der Waals surface area contributed by atoms with Gasteiger partial charge in [0.15, 0.2) is 0 Å². The molecule has 0 unspecified atom stereocenters. The van der Waals surface area contributed by atoms with Crippen molar-refractivity contribution >= 4 is 17.4 Å². The summed E-state index contributed by atoms with van der Waals surface area (Å²) in [7, 11) is 0. The van der Waals surface area contributed by atoms with E-state index < -0.39 is 0 Å². The molecule has 0 amide bonds. The van der Waals surface area contributed by atoms with Gasteiger partial charge in [-0.2, -0.15) is 4.68 Å². The highest BCUT2D eigenvalue weighted by atomic mass is 32.2. The number of hydrogen-bond donors (Lipinski definition) is 0. The normalized spacial score (nSPS) is 11.2. The first-order chi connectivity index (χ1) is 11.7. The van der Waals surface area contributed by atoms with Crippen molar-refractivity contribution in [1.82, 2.24) is 29.6 Å². The number of imidazole rings is 1. The second-order valence-electron chi connectivity index (χ2n) is 5.65. The molecule has 3 heterocycles. The van der Waals surface area contributed by atoms with E-state index in [1.165, 1.54) is 5.56 Å². The Morgan fingerprint density at radius 1 is 1.12 bits per heavy atom. The molecule has 6 nitrogen and oxygen atoms in total. The molecular weight excluding hydrogens is 320 g/mol. The minimum atomic E-state index is 0.715. The quantitative estimate of drug-likeness (QED) is 0.536. The van der Waals surface area contributed by atoms with Gasteiger partial charge in [-0.3, -0.25) is 0 Å². The van der Waals surface area contributed by atoms with Crippen LogP contribution in [0.1, 0.15) is 16.8 Å². The molecule has 0 N–H and O–H groups in total. The molecule has 0 aliphatic heterocycles. The van der Waals surface area contributed by atoms with Gasteiger partial charge in [0, 0.05) is 18.1 Å². The number of tetrazole rings is 1. The molecule has 4 aromatic rings. The molecule has 7 heteroatoms. The van der Waals surface area contributed by atoms with Crippen molar-refractivity contribution in [3.63, 3.8) is 0 Å². The zero-order valence-electron chi connectivity index (χ0n) is 13.4. The highest BCUT2D eigenvalue weighted by molar-refractivity contribution is 7.98. The summed E-state index contributed by atoms with van der Waals surface area (Å²) < 4.78 is 3.80. The van der Waals surface area contributed by atoms with Crippen molar-refractivity contribution < 1.29 is 0 Å². The van der Waals surface area contributed by atoms with E-state index in [2.05, 4.69) is 52.6 Å². The molecule has 0 radical (unpaired) electrons. The van der Waals surface area contributed by atoms with Gasteiger partial charge < -0.3 is 4.40 Å². The zero-order valence-corrected chi connectivity index (χ0v) is 14.2. The Kier molecular flexibility index (Phi) is 3.78. The second-order valence-corrected chi connectivity index (χ2v) is 6.59. The lowest BCUT2D eigenvalue weighted by molar-refractivity contribution is 0.751. The topological polar surface area (TPSA) is 60.9 Å². The van der Waals surface area contributed by atoms with Crippen molar-refractivity contribution in [2.45, 2.75) is 24.8 Å². The summed E-state index contributed by atoms with van der Waals surface area (Å²) in [5.41, 5.74) is 5.33. The fraction of sp³-hybridized carbons (Fsp3) is 0.176. The van der Waals surface area contributed by atoms with E-state index >= 15 is 0 Å². The van der Waals surface area contributed by atoms with Crippen molar-refractivity contribution in [2.75, 3.05) is 0 Å². The summed E-state index contributed by atoms with van der Waals surface area (Å²) in [6.07, 6.45) is 4.03. The Labute approximate surface area is 143 Å². The Bertz CT molecular complexity index is 970. The second kappa shape index (κ2) is 6.09. The first-order valence-electron chi connectivity index (χ1n) is 7.62. The first-order valence-corrected chi connectivity index (χ1v) is 8.61. The molecule has 0 spiro atoms. The summed E-state index contributed by atoms with van der Waals surface area (Å²) in [5.74, 6) is 0.715. The predicted molar refractivity (Wildman–Crippen MR) is 93.4 cm³/mol. The number of thioether (sulfide) groups is 1. The van der Waals surface area contributed by atoms with Crippen LogP contribution in [0.5, 0.6) is 0 Å². The highest BCUT2D eigenvalue weighted by Gasteiger charge is 2.12. The van der Waals surface area contributed by atoms with E-state index in [1.807, 2.05) is 35.0 Å². The fourth-order valence-corrected chi connectivity index (χ4v) is 3.43. The molecule has 1 aromatic carbocycles. The van der Waals surface area contributed by atoms with Crippen LogP contribution in [-0.2, 0) is 5.75 Å². The Morgan fingerprint density at radius 2 is 2.04 bits per heavy atom. The van der Waals surface area contributed by atoms with Crippen LogP contribution in [-0.4, -0.2) is 29.6 Å². The minimum absolute atomic E-state index is 0.715. The van der Waals surface area contributed by atoms with Crippen LogP contribution in [0.3, 0.4) is 0 Å². The van der Waals surface area contributed by atoms with E-state index in [0.29, 0.717) is 5.75 Å². The highest BCUT2D eigenvalue weighted by Crippen LogP contribution is 2.24. The number of aryl methyl sites for hydroxylation is 2. The molecule has 120 valence electrons. The molecule has 0 saturated heterocycles. The van der Waals surface area contributed by atoms with Gasteiger partial charge in [0.1, 0.15) is 5.65 Å². The molecule has 24 heavy (non-hydrogen) atoms. The largest absolute Gasteiger partial charge is 0.307 e. The standard InChI is InChI=1S/C17H16N6S/c1-12-6-7-15(13(2)9-12)23-17(19-20-21-23)24-11-14-10-22-8-4-3-5-16(22)18-14/h3-10H,11H2,1-2H3. The number of aromatic nitrogens is 6. The van der Waals surface area contributed by atoms with E-state index in [-0.39, 0.29) is 0 Å². The summed E-state index contributed by atoms with van der Waals surface area (Å²) in [4.78, 5) is 4.61. The van der Waals surface area contributed by atoms with Gasteiger partial charge in [0.2, 0.25) is 5.16 Å². The number of benzene rings is 1. The van der Waals surface area contributed by atoms with Crippen LogP contribution in [0, 0.1) is 13.8 Å². The van der Waals surface area contributed by atoms with Crippen molar-refractivity contribution in [1.29, 1.82) is 0 Å². The summed E-state index contributed by atoms with van der Waals surface area (Å²) >= 11 is 1.58. The van der Waals surface area contributed by atoms with Gasteiger partial charge in [-0.1, -0.05) is 35.5 Å². The van der Waals surface area contributed by atoms with E-state index in [1.54, 1.807) is 16.4 Å². The third-order valence-electron chi connectivity index (χ3n) is 3.78. The van der Waals surface area contributed by atoms with Crippen molar-refractivity contribution in [3.05, 3.63) is 65.6 Å². The lowest BCUT2D eigenvalue weighted by Crippen LogP contribution is -2.01. The Morgan fingerprint density at radius 3 is 2.88 bits per heavy atom. The van der Waals surface area contributed by atoms with Gasteiger partial charge in [0.05, 0.1) is 11.4 Å². The van der Waals surface area contributed by atoms with E-state index in [9.17, 15) is 0 Å². The van der Waals surface area contributed by atoms with Crippen LogP contribution < -0.4 is 0 Å². The molecule has 0 bridgehead atoms. The lowest BCUT2D eigenvalue weighted by Gasteiger charge is -2.07. The zero-order chi connectivity index (χ0) is 16.5. The molecule has 4 rings (SSSR count). The third kappa shape index (κ3) is 2.78. The number of fused-ring (bicyclic) bond motifs is 1. The minimum Gasteiger partial charge on any atom is -0.307 e. The SMILES string of the molecule is Cc1ccc(-n2nnnc2SCc2cn3ccccc3n2)c(C)c1. The molecule has 0 fully saturated rings. The van der Waals surface area contributed by atoms with Crippen LogP contribution in [0.15, 0.2) is 53.9 Å². The summed E-state index contributed by atoms with van der Waals surface area (Å²) in [6, 6.07) is 12.2. The summed E-state index contributed by atoms with van der Waals surface area (Å²) in [6.45, 7) is 4.15. The Balaban J connectivity index is 1.58. The van der Waals surface area contributed by atoms with Gasteiger partial charge in [-0.05, 0) is 48.0 Å². The lowest BCUT2D eigenvalue weighted by atomic mass is 10.1. The fourth-order valence-electron chi connectivity index (χ4n) is 2.66. The van der Waals surface area contributed by atoms with Gasteiger partial charge >= 0.3 is 0 Å². The van der Waals surface area contributed by atoms with E-state index in [0.717, 1.165) is 27.7 Å². The van der Waals surface area contributed by atoms with Gasteiger partial charge in [-0.15, -0.1) is 5.10 Å². The monoisotopic (exact) mass is 336 g/mol. The number of hydrogen-bond acceptors (Lipinski definition) is 5. The smallest absolute Gasteiger partial charge is 0.214 e. The predicted octanol–water partition coefficient (Wildman–Crippen LogP) is 3.22. The first kappa shape index (κ1) is 14.9. The average molecular weight is 336 g/mol. The summed E-state index contributed by atoms with van der Waals surface area (Å²) in [5, 5.41) is 12.9. The van der Waals surface area contributed by atoms with Crippen molar-refractivity contribution in [3.8, 4) is 5.69 Å². The maximum Gasteiger partial charge on any atom is 0.214 e. The molecule has 0 aliphatic carbocycles.